The Morgan fingerprint density at radius 1 is 0.917 bits per heavy atom. The fourth-order valence-electron chi connectivity index (χ4n) is 11.1. The van der Waals surface area contributed by atoms with Gasteiger partial charge in [0.15, 0.2) is 0 Å². The van der Waals surface area contributed by atoms with Crippen LogP contribution in [0.15, 0.2) is 11.6 Å². The third-order valence-corrected chi connectivity index (χ3v) is 13.5. The van der Waals surface area contributed by atoms with Gasteiger partial charge in [0.05, 0.1) is 19.3 Å². The van der Waals surface area contributed by atoms with Crippen LogP contribution in [0.5, 0.6) is 0 Å². The molecule has 0 spiro atoms. The summed E-state index contributed by atoms with van der Waals surface area (Å²) in [6.45, 7) is 17.0. The Kier molecular flexibility index (Phi) is 5.99. The molecule has 0 aromatic heterocycles. The van der Waals surface area contributed by atoms with Crippen LogP contribution in [0.25, 0.3) is 0 Å². The van der Waals surface area contributed by atoms with E-state index in [1.165, 1.54) is 18.4 Å². The van der Waals surface area contributed by atoms with E-state index < -0.39 is 5.41 Å². The van der Waals surface area contributed by atoms with Gasteiger partial charge in [0.1, 0.15) is 5.41 Å². The van der Waals surface area contributed by atoms with Crippen LogP contribution in [-0.2, 0) is 14.3 Å². The number of carbonyl (C=O) groups excluding carboxylic acids is 1. The van der Waals surface area contributed by atoms with Gasteiger partial charge in [-0.3, -0.25) is 4.79 Å². The first kappa shape index (κ1) is 26.7. The van der Waals surface area contributed by atoms with E-state index in [0.717, 1.165) is 44.9 Å². The second-order valence-electron chi connectivity index (χ2n) is 15.6. The molecule has 5 aliphatic rings. The molecule has 1 N–H and O–H groups in total. The minimum Gasteiger partial charge on any atom is -0.468 e. The second kappa shape index (κ2) is 8.07. The minimum absolute atomic E-state index is 0.0135. The number of hydrogen-bond acceptors (Lipinski definition) is 4. The van der Waals surface area contributed by atoms with Gasteiger partial charge in [-0.2, -0.15) is 0 Å². The van der Waals surface area contributed by atoms with E-state index in [0.29, 0.717) is 11.8 Å². The lowest BCUT2D eigenvalue weighted by molar-refractivity contribution is -0.222. The highest BCUT2D eigenvalue weighted by Gasteiger charge is 2.71. The van der Waals surface area contributed by atoms with Crippen molar-refractivity contribution in [3.63, 3.8) is 0 Å². The molecule has 204 valence electrons. The molecule has 0 amide bonds. The first-order valence-electron chi connectivity index (χ1n) is 14.6. The van der Waals surface area contributed by atoms with Crippen LogP contribution in [-0.4, -0.2) is 37.5 Å². The predicted octanol–water partition coefficient (Wildman–Crippen LogP) is 6.95. The highest BCUT2D eigenvalue weighted by molar-refractivity contribution is 5.79. The summed E-state index contributed by atoms with van der Waals surface area (Å²) < 4.78 is 11.9. The second-order valence-corrected chi connectivity index (χ2v) is 15.6. The summed E-state index contributed by atoms with van der Waals surface area (Å²) in [7, 11) is 3.37. The number of carbonyl (C=O) groups is 1. The van der Waals surface area contributed by atoms with Crippen LogP contribution in [0.4, 0.5) is 0 Å². The average molecular weight is 501 g/mol. The van der Waals surface area contributed by atoms with Crippen molar-refractivity contribution < 1.29 is 19.4 Å². The molecule has 4 fully saturated rings. The average Bonchev–Trinajstić information content (AvgIpc) is 2.80. The van der Waals surface area contributed by atoms with Crippen LogP contribution in [0.1, 0.15) is 106 Å². The number of rotatable bonds is 2. The number of aliphatic hydroxyl groups is 1. The van der Waals surface area contributed by atoms with E-state index in [2.05, 4.69) is 54.5 Å². The van der Waals surface area contributed by atoms with E-state index in [4.69, 9.17) is 9.47 Å². The van der Waals surface area contributed by atoms with Gasteiger partial charge in [-0.1, -0.05) is 60.1 Å². The van der Waals surface area contributed by atoms with E-state index in [1.807, 2.05) is 7.11 Å². The molecule has 0 heterocycles. The molecule has 4 heteroatoms. The molecule has 0 radical (unpaired) electrons. The maximum absolute atomic E-state index is 13.6. The quantitative estimate of drug-likeness (QED) is 0.329. The maximum Gasteiger partial charge on any atom is 0.315 e. The molecule has 0 aromatic rings. The lowest BCUT2D eigenvalue weighted by atomic mass is 9.33. The van der Waals surface area contributed by atoms with Crippen molar-refractivity contribution in [2.75, 3.05) is 14.2 Å². The van der Waals surface area contributed by atoms with Crippen molar-refractivity contribution in [1.29, 1.82) is 0 Å². The Morgan fingerprint density at radius 2 is 1.61 bits per heavy atom. The van der Waals surface area contributed by atoms with Crippen LogP contribution >= 0.6 is 0 Å². The third-order valence-electron chi connectivity index (χ3n) is 13.5. The van der Waals surface area contributed by atoms with Crippen LogP contribution < -0.4 is 0 Å². The molecule has 0 aliphatic heterocycles. The summed E-state index contributed by atoms with van der Waals surface area (Å²) in [5.74, 6) is 1.22. The van der Waals surface area contributed by atoms with Crippen LogP contribution in [0.2, 0.25) is 0 Å². The molecule has 4 nitrogen and oxygen atoms in total. The van der Waals surface area contributed by atoms with Gasteiger partial charge < -0.3 is 14.6 Å². The van der Waals surface area contributed by atoms with Gasteiger partial charge in [-0.15, -0.1) is 0 Å². The van der Waals surface area contributed by atoms with Crippen LogP contribution in [0, 0.1) is 50.2 Å². The summed E-state index contributed by atoms with van der Waals surface area (Å²) in [5, 5.41) is 11.0. The normalized spacial score (nSPS) is 51.1. The Labute approximate surface area is 220 Å². The van der Waals surface area contributed by atoms with Gasteiger partial charge in [0.2, 0.25) is 0 Å². The number of allylic oxidation sites excluding steroid dienone is 2. The van der Waals surface area contributed by atoms with Crippen molar-refractivity contribution in [2.45, 2.75) is 118 Å². The van der Waals surface area contributed by atoms with Crippen molar-refractivity contribution in [3.05, 3.63) is 11.6 Å². The fraction of sp³-hybridized carbons (Fsp3) is 0.906. The molecule has 36 heavy (non-hydrogen) atoms. The Hall–Kier alpha value is -0.870. The predicted molar refractivity (Wildman–Crippen MR) is 143 cm³/mol. The number of methoxy groups -OCH3 is 2. The summed E-state index contributed by atoms with van der Waals surface area (Å²) >= 11 is 0. The summed E-state index contributed by atoms with van der Waals surface area (Å²) in [6.07, 6.45) is 11.5. The zero-order valence-electron chi connectivity index (χ0n) is 24.5. The lowest BCUT2D eigenvalue weighted by Crippen LogP contribution is -2.67. The molecule has 4 saturated carbocycles. The van der Waals surface area contributed by atoms with Crippen molar-refractivity contribution in [1.82, 2.24) is 0 Å². The molecule has 0 saturated heterocycles. The van der Waals surface area contributed by atoms with Gasteiger partial charge in [0.25, 0.3) is 0 Å². The smallest absolute Gasteiger partial charge is 0.315 e. The first-order valence-corrected chi connectivity index (χ1v) is 14.6. The van der Waals surface area contributed by atoms with E-state index in [9.17, 15) is 9.90 Å². The maximum atomic E-state index is 13.6. The molecular weight excluding hydrogens is 448 g/mol. The largest absolute Gasteiger partial charge is 0.468 e. The van der Waals surface area contributed by atoms with E-state index >= 15 is 0 Å². The van der Waals surface area contributed by atoms with E-state index in [1.54, 1.807) is 7.11 Å². The van der Waals surface area contributed by atoms with E-state index in [-0.39, 0.29) is 51.2 Å². The SMILES string of the molecule is COC(=O)[C@]12CCC(C)(C)C[C@H]1C1=CC[C@@H]3[C@@]4(C)CC[C@H](O)C(C)(C)[C@@H]4CC[C@@]3(C)[C@]1(C)C[C@H]2OC. The van der Waals surface area contributed by atoms with Gasteiger partial charge in [0, 0.05) is 7.11 Å². The van der Waals surface area contributed by atoms with Crippen molar-refractivity contribution in [3.8, 4) is 0 Å². The molecule has 0 aromatic carbocycles. The number of fused-ring (bicyclic) bond motifs is 7. The standard InChI is InChI=1S/C32H52O4/c1-27(2)16-17-32(26(34)36-9)21(18-27)20-10-11-23-29(5)14-13-24(33)28(3,4)22(29)12-15-30(23,6)31(20,7)19-25(32)35-8/h10,21-25,33H,11-19H2,1-9H3/t21-,22-,23+,24-,25+,29-,30+,31+,32+/m0/s1. The fourth-order valence-corrected chi connectivity index (χ4v) is 11.1. The number of esters is 1. The van der Waals surface area contributed by atoms with Gasteiger partial charge in [-0.25, -0.2) is 0 Å². The van der Waals surface area contributed by atoms with Gasteiger partial charge >= 0.3 is 5.97 Å². The van der Waals surface area contributed by atoms with Crippen molar-refractivity contribution in [2.24, 2.45) is 50.2 Å². The monoisotopic (exact) mass is 500 g/mol. The highest BCUT2D eigenvalue weighted by atomic mass is 16.5. The van der Waals surface area contributed by atoms with Gasteiger partial charge in [-0.05, 0) is 103 Å². The molecular formula is C32H52O4. The molecule has 9 atom stereocenters. The lowest BCUT2D eigenvalue weighted by Gasteiger charge is -2.71. The summed E-state index contributed by atoms with van der Waals surface area (Å²) in [5.41, 5.74) is 1.45. The Balaban J connectivity index is 1.65. The zero-order chi connectivity index (χ0) is 26.5. The summed E-state index contributed by atoms with van der Waals surface area (Å²) in [6, 6.07) is 0. The third kappa shape index (κ3) is 3.15. The summed E-state index contributed by atoms with van der Waals surface area (Å²) in [4.78, 5) is 13.6. The first-order chi connectivity index (χ1) is 16.6. The Morgan fingerprint density at radius 3 is 2.25 bits per heavy atom. The molecule has 0 unspecified atom stereocenters. The topological polar surface area (TPSA) is 55.8 Å². The number of hydrogen-bond donors (Lipinski definition) is 1. The minimum atomic E-state index is -0.578. The highest BCUT2D eigenvalue weighted by Crippen LogP contribution is 2.76. The Bertz CT molecular complexity index is 950. The molecule has 5 aliphatic carbocycles. The molecule has 5 rings (SSSR count). The van der Waals surface area contributed by atoms with Crippen molar-refractivity contribution >= 4 is 5.97 Å². The zero-order valence-corrected chi connectivity index (χ0v) is 24.5. The number of aliphatic hydroxyl groups excluding tert-OH is 1. The van der Waals surface area contributed by atoms with Crippen LogP contribution in [0.3, 0.4) is 0 Å². The number of ether oxygens (including phenoxy) is 2. The molecule has 0 bridgehead atoms.